The normalized spacial score (nSPS) is 11.8. The molecular formula is C15H14N4O2S2. The fraction of sp³-hybridized carbons (Fsp3) is 0.133. The molecule has 3 rings (SSSR count). The Balaban J connectivity index is 1.82. The monoisotopic (exact) mass is 346 g/mol. The first kappa shape index (κ1) is 15.4. The van der Waals surface area contributed by atoms with E-state index in [0.717, 1.165) is 22.3 Å². The van der Waals surface area contributed by atoms with E-state index < -0.39 is 5.91 Å². The predicted octanol–water partition coefficient (Wildman–Crippen LogP) is 3.30. The van der Waals surface area contributed by atoms with Gasteiger partial charge in [0.25, 0.3) is 5.91 Å². The molecule has 0 aliphatic rings. The summed E-state index contributed by atoms with van der Waals surface area (Å²) in [6.45, 7) is 1.76. The highest BCUT2D eigenvalue weighted by Gasteiger charge is 2.15. The van der Waals surface area contributed by atoms with E-state index in [9.17, 15) is 4.79 Å². The standard InChI is InChI=1S/C15H14N4O2S2/c1-8(11-7-9-5-3-4-6-10(9)21-11)17-18-14(20)12-13(16)19(2)15(22)23-12/h3-7H,16H2,1-2H3,(H,18,20)/b17-8+. The molecule has 0 radical (unpaired) electrons. The van der Waals surface area contributed by atoms with Crippen molar-refractivity contribution < 1.29 is 9.21 Å². The minimum absolute atomic E-state index is 0.328. The average molecular weight is 346 g/mol. The summed E-state index contributed by atoms with van der Waals surface area (Å²) in [6.07, 6.45) is 0. The summed E-state index contributed by atoms with van der Waals surface area (Å²) in [6, 6.07) is 9.53. The zero-order valence-corrected chi connectivity index (χ0v) is 14.1. The maximum atomic E-state index is 12.2. The molecule has 0 bridgehead atoms. The Hall–Kier alpha value is -2.45. The second kappa shape index (κ2) is 5.98. The van der Waals surface area contributed by atoms with Gasteiger partial charge in [-0.05, 0) is 31.3 Å². The molecule has 0 spiro atoms. The molecule has 2 aromatic heterocycles. The number of benzene rings is 1. The maximum Gasteiger partial charge on any atom is 0.285 e. The zero-order chi connectivity index (χ0) is 16.6. The largest absolute Gasteiger partial charge is 0.455 e. The number of hydrazone groups is 1. The van der Waals surface area contributed by atoms with Crippen molar-refractivity contribution in [3.63, 3.8) is 0 Å². The van der Waals surface area contributed by atoms with Gasteiger partial charge in [-0.2, -0.15) is 5.10 Å². The molecule has 23 heavy (non-hydrogen) atoms. The molecule has 1 amide bonds. The van der Waals surface area contributed by atoms with E-state index in [-0.39, 0.29) is 0 Å². The Morgan fingerprint density at radius 1 is 1.43 bits per heavy atom. The van der Waals surface area contributed by atoms with Gasteiger partial charge in [-0.15, -0.1) is 0 Å². The van der Waals surface area contributed by atoms with Crippen LogP contribution in [-0.4, -0.2) is 16.2 Å². The molecule has 3 aromatic rings. The van der Waals surface area contributed by atoms with E-state index in [1.807, 2.05) is 30.3 Å². The van der Waals surface area contributed by atoms with Crippen molar-refractivity contribution in [2.45, 2.75) is 6.92 Å². The smallest absolute Gasteiger partial charge is 0.285 e. The Kier molecular flexibility index (Phi) is 4.01. The molecule has 0 aliphatic heterocycles. The van der Waals surface area contributed by atoms with E-state index in [0.29, 0.717) is 26.1 Å². The number of thiazole rings is 1. The third-order valence-corrected chi connectivity index (χ3v) is 4.94. The van der Waals surface area contributed by atoms with E-state index in [2.05, 4.69) is 10.5 Å². The number of furan rings is 1. The first-order valence-electron chi connectivity index (χ1n) is 6.76. The molecule has 6 nitrogen and oxygen atoms in total. The first-order chi connectivity index (χ1) is 11.0. The number of nitrogens with one attached hydrogen (secondary N) is 1. The molecule has 0 unspecified atom stereocenters. The summed E-state index contributed by atoms with van der Waals surface area (Å²) < 4.78 is 7.81. The number of hydrogen-bond donors (Lipinski definition) is 2. The van der Waals surface area contributed by atoms with Crippen molar-refractivity contribution in [2.24, 2.45) is 12.1 Å². The SMILES string of the molecule is C/C(=N\NC(=O)c1sc(=S)n(C)c1N)c1cc2ccccc2o1. The summed E-state index contributed by atoms with van der Waals surface area (Å²) in [5.74, 6) is 0.531. The fourth-order valence-corrected chi connectivity index (χ4v) is 3.16. The van der Waals surface area contributed by atoms with E-state index in [1.54, 1.807) is 18.5 Å². The molecule has 0 atom stereocenters. The lowest BCUT2D eigenvalue weighted by Crippen LogP contribution is -2.19. The summed E-state index contributed by atoms with van der Waals surface area (Å²) in [5.41, 5.74) is 9.67. The Morgan fingerprint density at radius 2 is 2.17 bits per heavy atom. The summed E-state index contributed by atoms with van der Waals surface area (Å²) >= 11 is 6.25. The first-order valence-corrected chi connectivity index (χ1v) is 7.98. The molecule has 1 aromatic carbocycles. The molecule has 0 saturated carbocycles. The van der Waals surface area contributed by atoms with E-state index >= 15 is 0 Å². The molecule has 0 saturated heterocycles. The molecule has 2 heterocycles. The summed E-state index contributed by atoms with van der Waals surface area (Å²) in [7, 11) is 1.72. The van der Waals surface area contributed by atoms with Gasteiger partial charge in [0.2, 0.25) is 0 Å². The third kappa shape index (κ3) is 2.90. The summed E-state index contributed by atoms with van der Waals surface area (Å²) in [5, 5.41) is 5.06. The van der Waals surface area contributed by atoms with Crippen LogP contribution in [0.15, 0.2) is 39.9 Å². The van der Waals surface area contributed by atoms with Crippen molar-refractivity contribution in [1.29, 1.82) is 0 Å². The van der Waals surface area contributed by atoms with Gasteiger partial charge in [-0.25, -0.2) is 5.43 Å². The molecule has 118 valence electrons. The van der Waals surface area contributed by atoms with Gasteiger partial charge in [-0.1, -0.05) is 29.5 Å². The van der Waals surface area contributed by atoms with Gasteiger partial charge in [0.05, 0.1) is 0 Å². The lowest BCUT2D eigenvalue weighted by molar-refractivity contribution is 0.0959. The van der Waals surface area contributed by atoms with Crippen molar-refractivity contribution >= 4 is 52.0 Å². The van der Waals surface area contributed by atoms with Crippen LogP contribution in [-0.2, 0) is 7.05 Å². The Labute approximate surface area is 141 Å². The van der Waals surface area contributed by atoms with Gasteiger partial charge in [0.1, 0.15) is 22.0 Å². The number of nitrogens with zero attached hydrogens (tertiary/aromatic N) is 2. The number of fused-ring (bicyclic) bond motifs is 1. The number of aromatic nitrogens is 1. The summed E-state index contributed by atoms with van der Waals surface area (Å²) in [4.78, 5) is 12.5. The highest BCUT2D eigenvalue weighted by atomic mass is 32.1. The molecule has 0 fully saturated rings. The highest BCUT2D eigenvalue weighted by Crippen LogP contribution is 2.21. The lowest BCUT2D eigenvalue weighted by Gasteiger charge is -2.00. The maximum absolute atomic E-state index is 12.2. The number of carbonyl (C=O) groups excluding carboxylic acids is 1. The van der Waals surface area contributed by atoms with Crippen molar-refractivity contribution in [3.05, 3.63) is 44.9 Å². The Morgan fingerprint density at radius 3 is 2.83 bits per heavy atom. The number of rotatable bonds is 3. The highest BCUT2D eigenvalue weighted by molar-refractivity contribution is 7.73. The second-order valence-corrected chi connectivity index (χ2v) is 6.57. The van der Waals surface area contributed by atoms with Crippen LogP contribution in [0.5, 0.6) is 0 Å². The van der Waals surface area contributed by atoms with E-state index in [1.165, 1.54) is 0 Å². The van der Waals surface area contributed by atoms with Crippen LogP contribution in [0.2, 0.25) is 0 Å². The minimum atomic E-state index is -0.394. The number of anilines is 1. The van der Waals surface area contributed by atoms with Crippen LogP contribution in [0.25, 0.3) is 11.0 Å². The third-order valence-electron chi connectivity index (χ3n) is 3.37. The molecule has 8 heteroatoms. The quantitative estimate of drug-likeness (QED) is 0.433. The van der Waals surface area contributed by atoms with Crippen LogP contribution in [0.4, 0.5) is 5.82 Å². The fourth-order valence-electron chi connectivity index (χ4n) is 2.02. The number of nitrogens with two attached hydrogens (primary N) is 1. The van der Waals surface area contributed by atoms with Crippen LogP contribution < -0.4 is 11.2 Å². The van der Waals surface area contributed by atoms with Crippen LogP contribution in [0, 0.1) is 3.95 Å². The van der Waals surface area contributed by atoms with Gasteiger partial charge >= 0.3 is 0 Å². The van der Waals surface area contributed by atoms with Gasteiger partial charge in [0.15, 0.2) is 9.71 Å². The van der Waals surface area contributed by atoms with Crippen molar-refractivity contribution in [1.82, 2.24) is 9.99 Å². The topological polar surface area (TPSA) is 85.5 Å². The number of para-hydroxylation sites is 1. The number of carbonyl (C=O) groups is 1. The lowest BCUT2D eigenvalue weighted by atomic mass is 10.2. The number of hydrogen-bond acceptors (Lipinski definition) is 6. The van der Waals surface area contributed by atoms with Crippen LogP contribution in [0.1, 0.15) is 22.4 Å². The number of nitrogen functional groups attached to an aromatic ring is 1. The Bertz CT molecular complexity index is 948. The molecule has 0 aliphatic carbocycles. The molecular weight excluding hydrogens is 332 g/mol. The second-order valence-electron chi connectivity index (χ2n) is 4.93. The van der Waals surface area contributed by atoms with Crippen LogP contribution in [0.3, 0.4) is 0 Å². The van der Waals surface area contributed by atoms with Gasteiger partial charge in [-0.3, -0.25) is 4.79 Å². The zero-order valence-electron chi connectivity index (χ0n) is 12.5. The van der Waals surface area contributed by atoms with Crippen LogP contribution >= 0.6 is 23.6 Å². The number of amides is 1. The molecule has 3 N–H and O–H groups in total. The predicted molar refractivity (Wildman–Crippen MR) is 94.4 cm³/mol. The van der Waals surface area contributed by atoms with Gasteiger partial charge < -0.3 is 14.7 Å². The average Bonchev–Trinajstić information content (AvgIpc) is 3.09. The van der Waals surface area contributed by atoms with Crippen molar-refractivity contribution in [3.8, 4) is 0 Å². The van der Waals surface area contributed by atoms with Gasteiger partial charge in [0, 0.05) is 12.4 Å². The van der Waals surface area contributed by atoms with Crippen molar-refractivity contribution in [2.75, 3.05) is 5.73 Å². The van der Waals surface area contributed by atoms with E-state index in [4.69, 9.17) is 22.4 Å². The minimum Gasteiger partial charge on any atom is -0.455 e.